The normalized spacial score (nSPS) is 13.1. The summed E-state index contributed by atoms with van der Waals surface area (Å²) in [5.74, 6) is 3.16. The van der Waals surface area contributed by atoms with E-state index in [4.69, 9.17) is 9.72 Å². The molecule has 0 spiro atoms. The van der Waals surface area contributed by atoms with E-state index in [0.29, 0.717) is 18.5 Å². The standard InChI is InChI=1S/C70H70N4O/c1-46(2)58-29-21-30-59(47(3)4)67(58)48-32-35-63-65(38-48)73(45-72(63)54-27-20-26-51(39-54)69(8,9)49-22-14-12-15-23-49)55-40-53(68(5,6)7)41-57(43-55)75-56-33-34-61-60-28-18-19-31-62(60)74(64(61)44-56)66-42-52(36-37-71-66)70(10,11)50-24-16-13-17-25-50/h12-44,46-47H,45H2,1-11H3. The minimum atomic E-state index is -0.227. The average Bonchev–Trinajstić information content (AvgIpc) is 3.97. The molecule has 0 fully saturated rings. The summed E-state index contributed by atoms with van der Waals surface area (Å²) in [6, 6.07) is 71.2. The number of rotatable bonds is 12. The van der Waals surface area contributed by atoms with Gasteiger partial charge in [0.15, 0.2) is 0 Å². The van der Waals surface area contributed by atoms with Gasteiger partial charge in [-0.2, -0.15) is 0 Å². The van der Waals surface area contributed by atoms with Gasteiger partial charge >= 0.3 is 0 Å². The molecule has 1 aliphatic heterocycles. The molecule has 5 heteroatoms. The van der Waals surface area contributed by atoms with E-state index in [2.05, 4.69) is 285 Å². The molecule has 376 valence electrons. The van der Waals surface area contributed by atoms with Gasteiger partial charge in [0.05, 0.1) is 22.4 Å². The second-order valence-electron chi connectivity index (χ2n) is 23.4. The van der Waals surface area contributed by atoms with Crippen molar-refractivity contribution >= 4 is 44.6 Å². The van der Waals surface area contributed by atoms with Crippen molar-refractivity contribution in [3.05, 3.63) is 239 Å². The topological polar surface area (TPSA) is 33.5 Å². The maximum atomic E-state index is 7.14. The number of ether oxygens (including phenoxy) is 1. The molecular weight excluding hydrogens is 913 g/mol. The van der Waals surface area contributed by atoms with Gasteiger partial charge in [-0.15, -0.1) is 0 Å². The Hall–Kier alpha value is -7.89. The third-order valence-electron chi connectivity index (χ3n) is 16.0. The number of anilines is 4. The summed E-state index contributed by atoms with van der Waals surface area (Å²) in [4.78, 5) is 10.0. The van der Waals surface area contributed by atoms with Gasteiger partial charge in [-0.25, -0.2) is 4.98 Å². The first-order chi connectivity index (χ1) is 36.0. The van der Waals surface area contributed by atoms with Crippen LogP contribution >= 0.6 is 0 Å². The fraction of sp³-hybridized carbons (Fsp3) is 0.243. The van der Waals surface area contributed by atoms with Gasteiger partial charge in [-0.3, -0.25) is 4.57 Å². The maximum Gasteiger partial charge on any atom is 0.137 e. The monoisotopic (exact) mass is 983 g/mol. The lowest BCUT2D eigenvalue weighted by atomic mass is 9.78. The van der Waals surface area contributed by atoms with E-state index in [0.717, 1.165) is 45.1 Å². The molecule has 0 saturated heterocycles. The molecule has 3 heterocycles. The van der Waals surface area contributed by atoms with Crippen molar-refractivity contribution in [2.45, 2.75) is 104 Å². The SMILES string of the molecule is CC(C)c1cccc(C(C)C)c1-c1ccc2c(c1)N(c1cc(Oc3ccc4c5ccccc5n(-c5cc(C(C)(C)c6ccccc6)ccn5)c4c3)cc(C(C)(C)C)c1)CN2c1cccc(C(C)(C)c2ccccc2)c1. The first kappa shape index (κ1) is 49.3. The van der Waals surface area contributed by atoms with Crippen LogP contribution in [-0.2, 0) is 16.2 Å². The lowest BCUT2D eigenvalue weighted by molar-refractivity contribution is 0.479. The number of fused-ring (bicyclic) bond motifs is 4. The van der Waals surface area contributed by atoms with Crippen LogP contribution in [0.1, 0.15) is 127 Å². The Labute approximate surface area is 445 Å². The Morgan fingerprint density at radius 3 is 1.69 bits per heavy atom. The Kier molecular flexibility index (Phi) is 12.6. The molecule has 0 radical (unpaired) electrons. The van der Waals surface area contributed by atoms with E-state index in [1.54, 1.807) is 0 Å². The molecule has 10 aromatic rings. The fourth-order valence-corrected chi connectivity index (χ4v) is 11.4. The van der Waals surface area contributed by atoms with E-state index in [-0.39, 0.29) is 16.2 Å². The molecule has 1 aliphatic rings. The van der Waals surface area contributed by atoms with Crippen LogP contribution in [0.15, 0.2) is 200 Å². The highest BCUT2D eigenvalue weighted by molar-refractivity contribution is 6.09. The molecule has 0 bridgehead atoms. The van der Waals surface area contributed by atoms with Crippen molar-refractivity contribution in [1.82, 2.24) is 9.55 Å². The third-order valence-corrected chi connectivity index (χ3v) is 16.0. The molecule has 0 unspecified atom stereocenters. The predicted molar refractivity (Wildman–Crippen MR) is 317 cm³/mol. The molecule has 0 amide bonds. The maximum absolute atomic E-state index is 7.14. The van der Waals surface area contributed by atoms with Gasteiger partial charge < -0.3 is 14.5 Å². The number of hydrogen-bond donors (Lipinski definition) is 0. The van der Waals surface area contributed by atoms with Crippen molar-refractivity contribution in [3.63, 3.8) is 0 Å². The summed E-state index contributed by atoms with van der Waals surface area (Å²) in [5, 5.41) is 2.32. The van der Waals surface area contributed by atoms with Gasteiger partial charge in [-0.1, -0.05) is 191 Å². The van der Waals surface area contributed by atoms with Crippen molar-refractivity contribution < 1.29 is 4.74 Å². The summed E-state index contributed by atoms with van der Waals surface area (Å²) >= 11 is 0. The van der Waals surface area contributed by atoms with Crippen molar-refractivity contribution in [3.8, 4) is 28.4 Å². The van der Waals surface area contributed by atoms with E-state index in [1.165, 1.54) is 66.8 Å². The van der Waals surface area contributed by atoms with Gasteiger partial charge in [0.1, 0.15) is 24.0 Å². The molecule has 11 rings (SSSR count). The van der Waals surface area contributed by atoms with E-state index in [1.807, 2.05) is 6.20 Å². The van der Waals surface area contributed by atoms with Crippen LogP contribution < -0.4 is 14.5 Å². The highest BCUT2D eigenvalue weighted by Gasteiger charge is 2.33. The van der Waals surface area contributed by atoms with Gasteiger partial charge in [0, 0.05) is 51.3 Å². The summed E-state index contributed by atoms with van der Waals surface area (Å²) in [6.07, 6.45) is 1.95. The highest BCUT2D eigenvalue weighted by Crippen LogP contribution is 2.50. The second-order valence-corrected chi connectivity index (χ2v) is 23.4. The Bertz CT molecular complexity index is 3700. The molecule has 2 aromatic heterocycles. The van der Waals surface area contributed by atoms with Crippen LogP contribution in [0.2, 0.25) is 0 Å². The summed E-state index contributed by atoms with van der Waals surface area (Å²) in [7, 11) is 0. The zero-order chi connectivity index (χ0) is 52.4. The molecule has 0 atom stereocenters. The lowest BCUT2D eigenvalue weighted by Gasteiger charge is -2.29. The van der Waals surface area contributed by atoms with Crippen molar-refractivity contribution in [2.75, 3.05) is 16.5 Å². The lowest BCUT2D eigenvalue weighted by Crippen LogP contribution is -2.25. The molecule has 75 heavy (non-hydrogen) atoms. The minimum absolute atomic E-state index is 0.168. The Balaban J connectivity index is 1.04. The van der Waals surface area contributed by atoms with Crippen molar-refractivity contribution in [1.29, 1.82) is 0 Å². The van der Waals surface area contributed by atoms with Crippen LogP contribution in [0.3, 0.4) is 0 Å². The molecule has 5 nitrogen and oxygen atoms in total. The third kappa shape index (κ3) is 9.07. The summed E-state index contributed by atoms with van der Waals surface area (Å²) in [6.45, 7) is 26.0. The van der Waals surface area contributed by atoms with Crippen LogP contribution in [0.4, 0.5) is 22.7 Å². The molecule has 0 aliphatic carbocycles. The quantitative estimate of drug-likeness (QED) is 0.122. The van der Waals surface area contributed by atoms with Crippen LogP contribution in [0, 0.1) is 0 Å². The molecule has 0 N–H and O–H groups in total. The summed E-state index contributed by atoms with van der Waals surface area (Å²) < 4.78 is 9.44. The number of hydrogen-bond acceptors (Lipinski definition) is 4. The number of aromatic nitrogens is 2. The Morgan fingerprint density at radius 1 is 0.440 bits per heavy atom. The van der Waals surface area contributed by atoms with Crippen molar-refractivity contribution in [2.24, 2.45) is 0 Å². The van der Waals surface area contributed by atoms with E-state index < -0.39 is 0 Å². The first-order valence-corrected chi connectivity index (χ1v) is 26.8. The zero-order valence-corrected chi connectivity index (χ0v) is 45.6. The number of pyridine rings is 1. The summed E-state index contributed by atoms with van der Waals surface area (Å²) in [5.41, 5.74) is 17.7. The minimum Gasteiger partial charge on any atom is -0.457 e. The van der Waals surface area contributed by atoms with Gasteiger partial charge in [0.2, 0.25) is 0 Å². The predicted octanol–water partition coefficient (Wildman–Crippen LogP) is 19.1. The number of nitrogens with zero attached hydrogens (tertiary/aromatic N) is 4. The fourth-order valence-electron chi connectivity index (χ4n) is 11.4. The van der Waals surface area contributed by atoms with Crippen LogP contribution in [0.5, 0.6) is 11.5 Å². The number of para-hydroxylation sites is 1. The van der Waals surface area contributed by atoms with Crippen LogP contribution in [-0.4, -0.2) is 16.2 Å². The molecule has 0 saturated carbocycles. The van der Waals surface area contributed by atoms with Crippen LogP contribution in [0.25, 0.3) is 38.8 Å². The average molecular weight is 983 g/mol. The first-order valence-electron chi connectivity index (χ1n) is 26.8. The van der Waals surface area contributed by atoms with Gasteiger partial charge in [0.25, 0.3) is 0 Å². The van der Waals surface area contributed by atoms with E-state index in [9.17, 15) is 0 Å². The zero-order valence-electron chi connectivity index (χ0n) is 45.6. The largest absolute Gasteiger partial charge is 0.457 e. The highest BCUT2D eigenvalue weighted by atomic mass is 16.5. The molecule has 8 aromatic carbocycles. The molecular formula is C70H70N4O. The smallest absolute Gasteiger partial charge is 0.137 e. The second kappa shape index (κ2) is 19.1. The number of benzene rings is 8. The van der Waals surface area contributed by atoms with Gasteiger partial charge in [-0.05, 0) is 134 Å². The Morgan fingerprint density at radius 2 is 1.03 bits per heavy atom. The van der Waals surface area contributed by atoms with E-state index >= 15 is 0 Å².